The van der Waals surface area contributed by atoms with Crippen LogP contribution in [-0.2, 0) is 14.3 Å². The number of halogens is 1. The highest BCUT2D eigenvalue weighted by Crippen LogP contribution is 2.21. The molecule has 1 unspecified atom stereocenters. The summed E-state index contributed by atoms with van der Waals surface area (Å²) in [6.45, 7) is 3.76. The Morgan fingerprint density at radius 2 is 1.91 bits per heavy atom. The Kier molecular flexibility index (Phi) is 6.28. The molecule has 1 atom stereocenters. The summed E-state index contributed by atoms with van der Waals surface area (Å²) in [5.41, 5.74) is -1.42. The lowest BCUT2D eigenvalue weighted by Crippen LogP contribution is -2.41. The summed E-state index contributed by atoms with van der Waals surface area (Å²) in [5, 5.41) is 16.7. The second-order valence-corrected chi connectivity index (χ2v) is 5.79. The molecule has 1 N–H and O–H groups in total. The van der Waals surface area contributed by atoms with E-state index in [1.54, 1.807) is 30.3 Å². The molecule has 0 amide bonds. The number of nitrogens with one attached hydrogen (secondary N) is 1. The van der Waals surface area contributed by atoms with Crippen molar-refractivity contribution in [2.75, 3.05) is 6.61 Å². The fourth-order valence-corrected chi connectivity index (χ4v) is 1.77. The topological polar surface area (TPSA) is 100 Å². The number of Topliss-reactive ketones (excluding diaryl/α,β-unsaturated/α-hetero) is 1. The molecule has 0 heterocycles. The van der Waals surface area contributed by atoms with Crippen LogP contribution in [-0.4, -0.2) is 29.7 Å². The molecule has 23 heavy (non-hydrogen) atoms. The quantitative estimate of drug-likeness (QED) is 0.609. The molecule has 0 fully saturated rings. The molecule has 0 aromatic heterocycles. The van der Waals surface area contributed by atoms with Crippen LogP contribution in [0.5, 0.6) is 5.75 Å². The number of benzene rings is 1. The molecule has 0 saturated carbocycles. The summed E-state index contributed by atoms with van der Waals surface area (Å²) in [4.78, 5) is 23.8. The number of ketones is 1. The summed E-state index contributed by atoms with van der Waals surface area (Å²) in [6, 6.07) is 8.14. The van der Waals surface area contributed by atoms with E-state index in [1.165, 1.54) is 20.8 Å². The van der Waals surface area contributed by atoms with Gasteiger partial charge in [0.15, 0.2) is 18.0 Å². The fraction of sp³-hybridized carbons (Fsp3) is 0.375. The first-order chi connectivity index (χ1) is 10.7. The van der Waals surface area contributed by atoms with Crippen LogP contribution in [0.15, 0.2) is 24.3 Å². The fourth-order valence-electron chi connectivity index (χ4n) is 1.64. The first kappa shape index (κ1) is 18.7. The molecule has 0 spiro atoms. The maximum absolute atomic E-state index is 12.1. The molecule has 1 rings (SSSR count). The maximum atomic E-state index is 12.1. The monoisotopic (exact) mass is 336 g/mol. The third-order valence-corrected chi connectivity index (χ3v) is 3.16. The number of nitriles is 1. The van der Waals surface area contributed by atoms with Crippen LogP contribution < -0.4 is 4.74 Å². The van der Waals surface area contributed by atoms with Crippen LogP contribution in [0.4, 0.5) is 0 Å². The number of hydrogen-bond acceptors (Lipinski definition) is 6. The summed E-state index contributed by atoms with van der Waals surface area (Å²) in [7, 11) is 0. The van der Waals surface area contributed by atoms with Crippen molar-refractivity contribution < 1.29 is 19.1 Å². The molecule has 0 bridgehead atoms. The number of hydrogen-bond donors (Lipinski definition) is 1. The van der Waals surface area contributed by atoms with Gasteiger partial charge in [0.2, 0.25) is 0 Å². The van der Waals surface area contributed by atoms with Crippen molar-refractivity contribution in [2.24, 2.45) is 5.92 Å². The predicted octanol–water partition coefficient (Wildman–Crippen LogP) is 2.79. The summed E-state index contributed by atoms with van der Waals surface area (Å²) in [6.07, 6.45) is 0. The SMILES string of the molecule is CC(=N)C(C#N)C(=O)COC(=O)C(C)(C)Oc1ccc(Cl)cc1. The number of esters is 1. The smallest absolute Gasteiger partial charge is 0.350 e. The maximum Gasteiger partial charge on any atom is 0.350 e. The van der Waals surface area contributed by atoms with Crippen LogP contribution in [0.1, 0.15) is 20.8 Å². The average Bonchev–Trinajstić information content (AvgIpc) is 2.47. The van der Waals surface area contributed by atoms with Gasteiger partial charge >= 0.3 is 5.97 Å². The van der Waals surface area contributed by atoms with E-state index in [1.807, 2.05) is 0 Å². The van der Waals surface area contributed by atoms with E-state index < -0.39 is 29.9 Å². The Labute approximate surface area is 139 Å². The van der Waals surface area contributed by atoms with Gasteiger partial charge in [-0.15, -0.1) is 0 Å². The summed E-state index contributed by atoms with van der Waals surface area (Å²) in [5.74, 6) is -2.17. The zero-order valence-electron chi connectivity index (χ0n) is 13.1. The Hall–Kier alpha value is -2.39. The van der Waals surface area contributed by atoms with Crippen molar-refractivity contribution in [2.45, 2.75) is 26.4 Å². The number of nitrogens with zero attached hydrogens (tertiary/aromatic N) is 1. The van der Waals surface area contributed by atoms with E-state index in [0.29, 0.717) is 10.8 Å². The lowest BCUT2D eigenvalue weighted by Gasteiger charge is -2.24. The molecular formula is C16H17ClN2O4. The number of carbonyl (C=O) groups is 2. The second-order valence-electron chi connectivity index (χ2n) is 5.35. The van der Waals surface area contributed by atoms with E-state index in [9.17, 15) is 9.59 Å². The molecule has 0 radical (unpaired) electrons. The molecule has 6 nitrogen and oxygen atoms in total. The van der Waals surface area contributed by atoms with Crippen molar-refractivity contribution >= 4 is 29.1 Å². The van der Waals surface area contributed by atoms with Crippen molar-refractivity contribution in [3.63, 3.8) is 0 Å². The largest absolute Gasteiger partial charge is 0.476 e. The molecule has 1 aromatic carbocycles. The van der Waals surface area contributed by atoms with E-state index in [2.05, 4.69) is 0 Å². The minimum Gasteiger partial charge on any atom is -0.476 e. The first-order valence-corrected chi connectivity index (χ1v) is 7.14. The van der Waals surface area contributed by atoms with Gasteiger partial charge in [-0.25, -0.2) is 4.79 Å². The van der Waals surface area contributed by atoms with E-state index in [0.717, 1.165) is 0 Å². The van der Waals surface area contributed by atoms with Crippen LogP contribution in [0.3, 0.4) is 0 Å². The highest BCUT2D eigenvalue weighted by molar-refractivity contribution is 6.30. The molecule has 7 heteroatoms. The summed E-state index contributed by atoms with van der Waals surface area (Å²) < 4.78 is 10.4. The van der Waals surface area contributed by atoms with E-state index in [-0.39, 0.29) is 5.71 Å². The molecular weight excluding hydrogens is 320 g/mol. The van der Waals surface area contributed by atoms with Crippen LogP contribution >= 0.6 is 11.6 Å². The van der Waals surface area contributed by atoms with E-state index >= 15 is 0 Å². The first-order valence-electron chi connectivity index (χ1n) is 6.76. The van der Waals surface area contributed by atoms with Crippen molar-refractivity contribution in [3.05, 3.63) is 29.3 Å². The Balaban J connectivity index is 2.65. The third kappa shape index (κ3) is 5.38. The average molecular weight is 337 g/mol. The Morgan fingerprint density at radius 1 is 1.35 bits per heavy atom. The van der Waals surface area contributed by atoms with Crippen molar-refractivity contribution in [1.29, 1.82) is 10.7 Å². The molecule has 0 aliphatic rings. The van der Waals surface area contributed by atoms with Gasteiger partial charge in [0, 0.05) is 10.7 Å². The highest BCUT2D eigenvalue weighted by Gasteiger charge is 2.33. The third-order valence-electron chi connectivity index (χ3n) is 2.91. The lowest BCUT2D eigenvalue weighted by atomic mass is 10.0. The summed E-state index contributed by atoms with van der Waals surface area (Å²) >= 11 is 5.77. The van der Waals surface area contributed by atoms with Gasteiger partial charge in [-0.05, 0) is 45.0 Å². The zero-order chi connectivity index (χ0) is 17.6. The van der Waals surface area contributed by atoms with Gasteiger partial charge in [0.1, 0.15) is 11.7 Å². The van der Waals surface area contributed by atoms with Gasteiger partial charge in [0.05, 0.1) is 6.07 Å². The minimum atomic E-state index is -1.32. The number of rotatable bonds is 7. The Morgan fingerprint density at radius 3 is 2.39 bits per heavy atom. The van der Waals surface area contributed by atoms with Crippen LogP contribution in [0.2, 0.25) is 5.02 Å². The normalized spacial score (nSPS) is 12.0. The van der Waals surface area contributed by atoms with Gasteiger partial charge in [0.25, 0.3) is 0 Å². The number of carbonyl (C=O) groups excluding carboxylic acids is 2. The highest BCUT2D eigenvalue weighted by atomic mass is 35.5. The van der Waals surface area contributed by atoms with Gasteiger partial charge in [-0.1, -0.05) is 11.6 Å². The predicted molar refractivity (Wildman–Crippen MR) is 84.6 cm³/mol. The molecule has 1 aromatic rings. The molecule has 122 valence electrons. The molecule has 0 aliphatic carbocycles. The molecule has 0 saturated heterocycles. The van der Waals surface area contributed by atoms with Crippen molar-refractivity contribution in [3.8, 4) is 11.8 Å². The second kappa shape index (κ2) is 7.75. The van der Waals surface area contributed by atoms with Crippen LogP contribution in [0, 0.1) is 22.7 Å². The van der Waals surface area contributed by atoms with Gasteiger partial charge < -0.3 is 14.9 Å². The molecule has 0 aliphatic heterocycles. The van der Waals surface area contributed by atoms with E-state index in [4.69, 9.17) is 31.7 Å². The minimum absolute atomic E-state index is 0.0924. The van der Waals surface area contributed by atoms with Gasteiger partial charge in [-0.2, -0.15) is 5.26 Å². The Bertz CT molecular complexity index is 647. The van der Waals surface area contributed by atoms with Crippen molar-refractivity contribution in [1.82, 2.24) is 0 Å². The number of ether oxygens (including phenoxy) is 2. The van der Waals surface area contributed by atoms with Crippen LogP contribution in [0.25, 0.3) is 0 Å². The standard InChI is InChI=1S/C16H17ClN2O4/c1-10(19)13(8-18)14(20)9-22-15(21)16(2,3)23-12-6-4-11(17)5-7-12/h4-7,13,19H,9H2,1-3H3. The van der Waals surface area contributed by atoms with Gasteiger partial charge in [-0.3, -0.25) is 4.79 Å². The zero-order valence-corrected chi connectivity index (χ0v) is 13.8. The lowest BCUT2D eigenvalue weighted by molar-refractivity contribution is -0.161.